The number of aromatic nitrogens is 3. The van der Waals surface area contributed by atoms with Gasteiger partial charge in [-0.2, -0.15) is 4.98 Å². The number of piperazine rings is 1. The predicted molar refractivity (Wildman–Crippen MR) is 145 cm³/mol. The number of halogens is 2. The number of fused-ring (bicyclic) bond motifs is 7. The third-order valence-corrected chi connectivity index (χ3v) is 9.92. The summed E-state index contributed by atoms with van der Waals surface area (Å²) in [6.07, 6.45) is 2.07. The van der Waals surface area contributed by atoms with E-state index >= 15 is 8.78 Å². The molecule has 7 nitrogen and oxygen atoms in total. The van der Waals surface area contributed by atoms with E-state index in [0.717, 1.165) is 12.8 Å². The van der Waals surface area contributed by atoms with E-state index < -0.39 is 27.6 Å². The Morgan fingerprint density at radius 2 is 1.87 bits per heavy atom. The van der Waals surface area contributed by atoms with Crippen molar-refractivity contribution in [1.29, 1.82) is 0 Å². The summed E-state index contributed by atoms with van der Waals surface area (Å²) in [4.78, 5) is 24.5. The van der Waals surface area contributed by atoms with Crippen LogP contribution in [0.1, 0.15) is 32.3 Å². The second-order valence-corrected chi connectivity index (χ2v) is 12.8. The Kier molecular flexibility index (Phi) is 5.14. The van der Waals surface area contributed by atoms with Gasteiger partial charge in [-0.3, -0.25) is 14.7 Å². The van der Waals surface area contributed by atoms with E-state index in [4.69, 9.17) is 4.98 Å². The van der Waals surface area contributed by atoms with Crippen molar-refractivity contribution in [3.8, 4) is 22.2 Å². The van der Waals surface area contributed by atoms with Gasteiger partial charge in [-0.05, 0) is 41.5 Å². The molecule has 5 heterocycles. The summed E-state index contributed by atoms with van der Waals surface area (Å²) in [5, 5.41) is 19.4. The van der Waals surface area contributed by atoms with Crippen LogP contribution in [0.5, 0.6) is 5.75 Å². The van der Waals surface area contributed by atoms with E-state index in [1.165, 1.54) is 29.8 Å². The number of nitrogens with one attached hydrogen (secondary N) is 1. The molecule has 2 N–H and O–H groups in total. The Morgan fingerprint density at radius 1 is 1.13 bits per heavy atom. The molecule has 2 atom stereocenters. The highest BCUT2D eigenvalue weighted by Gasteiger charge is 2.34. The van der Waals surface area contributed by atoms with Gasteiger partial charge in [-0.15, -0.1) is 5.25 Å². The SMILES string of the molecule is CC(C)[S-]1#Cc2c(F)ccc3cc(O)cc(c23)-c2nc1c1c(N3CC4CCC(C3)N4)nc(=O)n(C)c1c2F. The first-order valence-corrected chi connectivity index (χ1v) is 14.1. The number of pyridine rings is 1. The van der Waals surface area contributed by atoms with E-state index in [-0.39, 0.29) is 45.4 Å². The molecule has 2 fully saturated rings. The number of aryl methyl sites for hydroxylation is 1. The maximum atomic E-state index is 16.7. The van der Waals surface area contributed by atoms with Gasteiger partial charge in [-0.1, -0.05) is 19.9 Å². The van der Waals surface area contributed by atoms with Gasteiger partial charge < -0.3 is 25.6 Å². The Hall–Kier alpha value is -3.46. The first-order chi connectivity index (χ1) is 18.2. The summed E-state index contributed by atoms with van der Waals surface area (Å²) in [5.74, 6) is -0.829. The molecular formula is C28H26F2N5O2S-. The lowest BCUT2D eigenvalue weighted by Gasteiger charge is -2.36. The fraction of sp³-hybridized carbons (Fsp3) is 0.357. The van der Waals surface area contributed by atoms with E-state index in [0.29, 0.717) is 40.1 Å². The minimum absolute atomic E-state index is 0.0209. The molecule has 0 amide bonds. The van der Waals surface area contributed by atoms with E-state index in [2.05, 4.69) is 20.4 Å². The van der Waals surface area contributed by atoms with Crippen LogP contribution < -0.4 is 15.9 Å². The largest absolute Gasteiger partial charge is 0.508 e. The highest BCUT2D eigenvalue weighted by molar-refractivity contribution is 7.87. The van der Waals surface area contributed by atoms with Crippen LogP contribution in [0.4, 0.5) is 14.6 Å². The maximum Gasteiger partial charge on any atom is 0.349 e. The van der Waals surface area contributed by atoms with Gasteiger partial charge in [0.05, 0.1) is 5.52 Å². The Balaban J connectivity index is 1.67. The van der Waals surface area contributed by atoms with Crippen molar-refractivity contribution in [2.45, 2.75) is 49.0 Å². The van der Waals surface area contributed by atoms with Gasteiger partial charge in [0.25, 0.3) is 0 Å². The van der Waals surface area contributed by atoms with Crippen molar-refractivity contribution in [2.24, 2.45) is 7.05 Å². The third-order valence-electron chi connectivity index (χ3n) is 7.84. The molecule has 2 saturated heterocycles. The van der Waals surface area contributed by atoms with Crippen molar-refractivity contribution in [2.75, 3.05) is 18.0 Å². The minimum atomic E-state index is -0.870. The van der Waals surface area contributed by atoms with Crippen molar-refractivity contribution in [1.82, 2.24) is 19.9 Å². The van der Waals surface area contributed by atoms with E-state index in [9.17, 15) is 9.90 Å². The molecule has 38 heavy (non-hydrogen) atoms. The molecule has 2 aromatic carbocycles. The number of hydrogen-bond donors (Lipinski definition) is 2. The summed E-state index contributed by atoms with van der Waals surface area (Å²) < 4.78 is 33.3. The van der Waals surface area contributed by atoms with Crippen LogP contribution in [0.15, 0.2) is 34.1 Å². The van der Waals surface area contributed by atoms with Crippen LogP contribution in [0.25, 0.3) is 32.9 Å². The maximum absolute atomic E-state index is 16.7. The van der Waals surface area contributed by atoms with Gasteiger partial charge in [0.1, 0.15) is 23.1 Å². The molecule has 4 aromatic rings. The topological polar surface area (TPSA) is 83.3 Å². The number of phenolic OH excluding ortho intramolecular Hbond substituents is 1. The zero-order valence-corrected chi connectivity index (χ0v) is 22.0. The predicted octanol–water partition coefficient (Wildman–Crippen LogP) is 3.78. The number of anilines is 1. The lowest BCUT2D eigenvalue weighted by Crippen LogP contribution is -2.52. The molecule has 0 saturated carbocycles. The monoisotopic (exact) mass is 534 g/mol. The second kappa shape index (κ2) is 8.27. The van der Waals surface area contributed by atoms with Crippen LogP contribution in [0.2, 0.25) is 0 Å². The molecule has 7 rings (SSSR count). The van der Waals surface area contributed by atoms with Gasteiger partial charge in [0.15, 0.2) is 5.82 Å². The summed E-state index contributed by atoms with van der Waals surface area (Å²) in [6.45, 7) is 5.32. The fourth-order valence-electron chi connectivity index (χ4n) is 6.11. The number of aromatic hydroxyl groups is 1. The van der Waals surface area contributed by atoms with Crippen molar-refractivity contribution in [3.63, 3.8) is 0 Å². The normalized spacial score (nSPS) is 20.5. The number of hydrogen-bond acceptors (Lipinski definition) is 7. The second-order valence-electron chi connectivity index (χ2n) is 10.6. The standard InChI is InChI=1S/C28H26F2N5O2S/c1-13(2)38-12-19-20(29)7-4-14-8-17(36)9-18(21(14)19)24-23(30)25-22(27(38)32-24)26(33-28(37)34(25)3)35-10-15-5-6-16(11-35)31-15/h4,7-9,13,15-16,31,36H,5-6,10-11H2,1-3H3/q-1. The van der Waals surface area contributed by atoms with Crippen molar-refractivity contribution < 1.29 is 13.9 Å². The number of rotatable bonds is 1. The van der Waals surface area contributed by atoms with Crippen LogP contribution in [0.3, 0.4) is 0 Å². The lowest BCUT2D eigenvalue weighted by molar-refractivity contribution is 0.463. The molecule has 196 valence electrons. The molecule has 4 bridgehead atoms. The zero-order valence-electron chi connectivity index (χ0n) is 21.2. The average molecular weight is 535 g/mol. The number of benzene rings is 2. The van der Waals surface area contributed by atoms with Crippen molar-refractivity contribution >= 4 is 37.8 Å². The van der Waals surface area contributed by atoms with E-state index in [1.807, 2.05) is 13.8 Å². The number of phenols is 1. The molecule has 3 aliphatic rings. The molecule has 0 radical (unpaired) electrons. The summed E-state index contributed by atoms with van der Waals surface area (Å²) in [5.41, 5.74) is 0.0489. The highest BCUT2D eigenvalue weighted by atomic mass is 32.2. The number of nitrogens with zero attached hydrogens (tertiary/aromatic N) is 4. The molecule has 2 unspecified atom stereocenters. The van der Waals surface area contributed by atoms with Crippen LogP contribution >= 0.6 is 0 Å². The fourth-order valence-corrected chi connectivity index (χ4v) is 7.91. The summed E-state index contributed by atoms with van der Waals surface area (Å²) in [7, 11) is 0.641. The smallest absolute Gasteiger partial charge is 0.349 e. The molecule has 3 aliphatic heterocycles. The van der Waals surface area contributed by atoms with Gasteiger partial charge >= 0.3 is 5.69 Å². The molecule has 0 aliphatic carbocycles. The summed E-state index contributed by atoms with van der Waals surface area (Å²) >= 11 is 0. The van der Waals surface area contributed by atoms with Crippen molar-refractivity contribution in [3.05, 3.63) is 51.9 Å². The van der Waals surface area contributed by atoms with Gasteiger partial charge in [-0.25, -0.2) is 13.6 Å². The first-order valence-electron chi connectivity index (χ1n) is 12.8. The van der Waals surface area contributed by atoms with Gasteiger partial charge in [0, 0.05) is 54.1 Å². The van der Waals surface area contributed by atoms with Crippen LogP contribution in [-0.4, -0.2) is 50.1 Å². The van der Waals surface area contributed by atoms with Crippen LogP contribution in [-0.2, 0) is 17.4 Å². The lowest BCUT2D eigenvalue weighted by atomic mass is 9.96. The minimum Gasteiger partial charge on any atom is -0.508 e. The quantitative estimate of drug-likeness (QED) is 0.362. The summed E-state index contributed by atoms with van der Waals surface area (Å²) in [6, 6.07) is 6.38. The molecular weight excluding hydrogens is 508 g/mol. The Morgan fingerprint density at radius 3 is 2.58 bits per heavy atom. The zero-order chi connectivity index (χ0) is 26.5. The highest BCUT2D eigenvalue weighted by Crippen LogP contribution is 2.42. The first kappa shape index (κ1) is 23.6. The van der Waals surface area contributed by atoms with E-state index in [1.54, 1.807) is 6.07 Å². The molecule has 10 heteroatoms. The van der Waals surface area contributed by atoms with Gasteiger partial charge in [0.2, 0.25) is 0 Å². The Bertz CT molecular complexity index is 1840. The Labute approximate surface area is 219 Å². The molecule has 2 aromatic heterocycles. The average Bonchev–Trinajstić information content (AvgIpc) is 3.21. The third kappa shape index (κ3) is 3.33. The molecule has 0 spiro atoms. The van der Waals surface area contributed by atoms with Crippen LogP contribution in [0, 0.1) is 16.8 Å².